The predicted octanol–water partition coefficient (Wildman–Crippen LogP) is 5.50. The van der Waals surface area contributed by atoms with E-state index in [1.165, 1.54) is 23.0 Å². The molecule has 0 unspecified atom stereocenters. The molecule has 1 N–H and O–H groups in total. The molecule has 6 heteroatoms. The molecule has 6 nitrogen and oxygen atoms in total. The van der Waals surface area contributed by atoms with Gasteiger partial charge in [-0.05, 0) is 33.7 Å². The monoisotopic (exact) mass is 468 g/mol. The summed E-state index contributed by atoms with van der Waals surface area (Å²) in [5.41, 5.74) is 5.06. The van der Waals surface area contributed by atoms with E-state index in [1.807, 2.05) is 30.3 Å². The highest BCUT2D eigenvalue weighted by Gasteiger charge is 2.17. The van der Waals surface area contributed by atoms with E-state index in [1.54, 1.807) is 12.4 Å². The van der Waals surface area contributed by atoms with Gasteiger partial charge in [0, 0.05) is 32.0 Å². The maximum atomic E-state index is 12.5. The third kappa shape index (κ3) is 7.11. The maximum Gasteiger partial charge on any atom is 0.273 e. The topological polar surface area (TPSA) is 71.3 Å². The summed E-state index contributed by atoms with van der Waals surface area (Å²) in [6, 6.07) is 22.9. The number of carbonyl (C=O) groups excluding carboxylic acids is 1. The molecule has 2 aromatic heterocycles. The van der Waals surface area contributed by atoms with E-state index in [4.69, 9.17) is 4.42 Å². The Hall–Kier alpha value is -3.77. The minimum Gasteiger partial charge on any atom is -0.447 e. The smallest absolute Gasteiger partial charge is 0.273 e. The second-order valence-corrected chi connectivity index (χ2v) is 9.75. The zero-order valence-electron chi connectivity index (χ0n) is 20.6. The Balaban J connectivity index is 1.44. The summed E-state index contributed by atoms with van der Waals surface area (Å²) >= 11 is 0. The number of benzene rings is 2. The van der Waals surface area contributed by atoms with Crippen molar-refractivity contribution in [3.8, 4) is 0 Å². The van der Waals surface area contributed by atoms with Gasteiger partial charge in [-0.2, -0.15) is 0 Å². The van der Waals surface area contributed by atoms with Crippen LogP contribution >= 0.6 is 0 Å². The number of amides is 1. The van der Waals surface area contributed by atoms with Gasteiger partial charge in [-0.3, -0.25) is 14.7 Å². The fourth-order valence-electron chi connectivity index (χ4n) is 3.83. The number of aromatic nitrogens is 2. The highest BCUT2D eigenvalue weighted by atomic mass is 16.3. The second-order valence-electron chi connectivity index (χ2n) is 9.75. The molecule has 0 fully saturated rings. The molecule has 0 aliphatic carbocycles. The fraction of sp³-hybridized carbons (Fsp3) is 0.276. The standard InChI is InChI=1S/C29H32N4O2/c1-29(2,3)25-13-11-23(12-14-25)19-33(18-22-8-5-4-6-9-22)20-27-32-26(21-35-27)28(34)31-17-24-10-7-15-30-16-24/h4-16,21H,17-20H2,1-3H3,(H,31,34). The molecule has 1 amide bonds. The van der Waals surface area contributed by atoms with Crippen LogP contribution in [0.25, 0.3) is 0 Å². The van der Waals surface area contributed by atoms with E-state index in [0.717, 1.165) is 18.7 Å². The number of pyridine rings is 1. The van der Waals surface area contributed by atoms with Crippen LogP contribution in [0, 0.1) is 0 Å². The van der Waals surface area contributed by atoms with Crippen LogP contribution < -0.4 is 5.32 Å². The summed E-state index contributed by atoms with van der Waals surface area (Å²) in [6.07, 6.45) is 4.85. The van der Waals surface area contributed by atoms with Crippen LogP contribution in [-0.2, 0) is 31.6 Å². The summed E-state index contributed by atoms with van der Waals surface area (Å²) in [5.74, 6) is 0.245. The van der Waals surface area contributed by atoms with Crippen LogP contribution in [-0.4, -0.2) is 20.8 Å². The van der Waals surface area contributed by atoms with Crippen molar-refractivity contribution in [1.29, 1.82) is 0 Å². The molecule has 0 bridgehead atoms. The summed E-state index contributed by atoms with van der Waals surface area (Å²) in [6.45, 7) is 9.02. The number of carbonyl (C=O) groups is 1. The van der Waals surface area contributed by atoms with E-state index < -0.39 is 0 Å². The Kier molecular flexibility index (Phi) is 7.73. The number of hydrogen-bond acceptors (Lipinski definition) is 5. The summed E-state index contributed by atoms with van der Waals surface area (Å²) in [5, 5.41) is 2.86. The molecule has 180 valence electrons. The molecule has 35 heavy (non-hydrogen) atoms. The molecular formula is C29H32N4O2. The molecule has 0 aliphatic rings. The fourth-order valence-corrected chi connectivity index (χ4v) is 3.83. The first kappa shape index (κ1) is 24.4. The number of nitrogens with zero attached hydrogens (tertiary/aromatic N) is 3. The van der Waals surface area contributed by atoms with Gasteiger partial charge in [-0.15, -0.1) is 0 Å². The van der Waals surface area contributed by atoms with Crippen LogP contribution in [0.1, 0.15) is 59.4 Å². The summed E-state index contributed by atoms with van der Waals surface area (Å²) in [7, 11) is 0. The average molecular weight is 469 g/mol. The Morgan fingerprint density at radius 1 is 0.886 bits per heavy atom. The molecule has 0 spiro atoms. The largest absolute Gasteiger partial charge is 0.447 e. The Morgan fingerprint density at radius 2 is 1.57 bits per heavy atom. The quantitative estimate of drug-likeness (QED) is 0.351. The van der Waals surface area contributed by atoms with Crippen molar-refractivity contribution in [3.05, 3.63) is 119 Å². The van der Waals surface area contributed by atoms with Crippen molar-refractivity contribution in [1.82, 2.24) is 20.2 Å². The maximum absolute atomic E-state index is 12.5. The Labute approximate surface area is 207 Å². The molecule has 0 radical (unpaired) electrons. The van der Waals surface area contributed by atoms with Crippen LogP contribution in [0.4, 0.5) is 0 Å². The van der Waals surface area contributed by atoms with E-state index in [2.05, 4.69) is 77.4 Å². The van der Waals surface area contributed by atoms with Crippen LogP contribution in [0.5, 0.6) is 0 Å². The average Bonchev–Trinajstić information content (AvgIpc) is 3.32. The molecular weight excluding hydrogens is 436 g/mol. The number of nitrogens with one attached hydrogen (secondary N) is 1. The van der Waals surface area contributed by atoms with Crippen LogP contribution in [0.15, 0.2) is 89.8 Å². The van der Waals surface area contributed by atoms with Crippen LogP contribution in [0.2, 0.25) is 0 Å². The van der Waals surface area contributed by atoms with E-state index in [0.29, 0.717) is 19.0 Å². The lowest BCUT2D eigenvalue weighted by Gasteiger charge is -2.23. The van der Waals surface area contributed by atoms with Gasteiger partial charge in [0.25, 0.3) is 5.91 Å². The van der Waals surface area contributed by atoms with Crippen molar-refractivity contribution in [2.24, 2.45) is 0 Å². The van der Waals surface area contributed by atoms with Gasteiger partial charge in [-0.25, -0.2) is 4.98 Å². The summed E-state index contributed by atoms with van der Waals surface area (Å²) in [4.78, 5) is 23.3. The van der Waals surface area contributed by atoms with Gasteiger partial charge in [0.2, 0.25) is 5.89 Å². The van der Waals surface area contributed by atoms with Crippen molar-refractivity contribution < 1.29 is 9.21 Å². The number of oxazole rings is 1. The number of rotatable bonds is 9. The van der Waals surface area contributed by atoms with E-state index in [9.17, 15) is 4.79 Å². The molecule has 4 aromatic rings. The lowest BCUT2D eigenvalue weighted by molar-refractivity contribution is 0.0945. The van der Waals surface area contributed by atoms with Gasteiger partial charge in [0.15, 0.2) is 5.69 Å². The third-order valence-corrected chi connectivity index (χ3v) is 5.79. The van der Waals surface area contributed by atoms with Gasteiger partial charge >= 0.3 is 0 Å². The molecule has 2 aromatic carbocycles. The zero-order valence-corrected chi connectivity index (χ0v) is 20.6. The SMILES string of the molecule is CC(C)(C)c1ccc(CN(Cc2ccccc2)Cc2nc(C(=O)NCc3cccnc3)co2)cc1. The Bertz CT molecular complexity index is 1210. The van der Waals surface area contributed by atoms with Crippen molar-refractivity contribution >= 4 is 5.91 Å². The summed E-state index contributed by atoms with van der Waals surface area (Å²) < 4.78 is 5.68. The van der Waals surface area contributed by atoms with E-state index in [-0.39, 0.29) is 17.0 Å². The zero-order chi connectivity index (χ0) is 24.7. The lowest BCUT2D eigenvalue weighted by Crippen LogP contribution is -2.24. The first-order valence-electron chi connectivity index (χ1n) is 11.8. The van der Waals surface area contributed by atoms with Gasteiger partial charge in [0.1, 0.15) is 6.26 Å². The van der Waals surface area contributed by atoms with E-state index >= 15 is 0 Å². The molecule has 2 heterocycles. The van der Waals surface area contributed by atoms with Crippen molar-refractivity contribution in [2.75, 3.05) is 0 Å². The lowest BCUT2D eigenvalue weighted by atomic mass is 9.87. The third-order valence-electron chi connectivity index (χ3n) is 5.79. The van der Waals surface area contributed by atoms with Gasteiger partial charge < -0.3 is 9.73 Å². The molecule has 0 atom stereocenters. The minimum absolute atomic E-state index is 0.119. The first-order valence-corrected chi connectivity index (χ1v) is 11.8. The Morgan fingerprint density at radius 3 is 2.23 bits per heavy atom. The molecule has 4 rings (SSSR count). The minimum atomic E-state index is -0.267. The predicted molar refractivity (Wildman–Crippen MR) is 136 cm³/mol. The highest BCUT2D eigenvalue weighted by molar-refractivity contribution is 5.91. The van der Waals surface area contributed by atoms with Crippen molar-refractivity contribution in [3.63, 3.8) is 0 Å². The first-order chi connectivity index (χ1) is 16.9. The molecule has 0 aliphatic heterocycles. The molecule has 0 saturated carbocycles. The highest BCUT2D eigenvalue weighted by Crippen LogP contribution is 2.23. The second kappa shape index (κ2) is 11.1. The van der Waals surface area contributed by atoms with Gasteiger partial charge in [0.05, 0.1) is 6.54 Å². The molecule has 0 saturated heterocycles. The van der Waals surface area contributed by atoms with Gasteiger partial charge in [-0.1, -0.05) is 81.4 Å². The normalized spacial score (nSPS) is 11.5. The number of hydrogen-bond donors (Lipinski definition) is 1. The van der Waals surface area contributed by atoms with Crippen LogP contribution in [0.3, 0.4) is 0 Å². The van der Waals surface area contributed by atoms with Crippen molar-refractivity contribution in [2.45, 2.75) is 52.4 Å².